The van der Waals surface area contributed by atoms with Gasteiger partial charge in [-0.15, -0.1) is 0 Å². The fraction of sp³-hybridized carbons (Fsp3) is 0.0400. The van der Waals surface area contributed by atoms with E-state index in [1.165, 1.54) is 37.0 Å². The quantitative estimate of drug-likeness (QED) is 0.291. The minimum atomic E-state index is 0.962. The van der Waals surface area contributed by atoms with Gasteiger partial charge >= 0.3 is 0 Å². The van der Waals surface area contributed by atoms with Crippen molar-refractivity contribution in [2.24, 2.45) is 0 Å². The molecule has 26 heavy (non-hydrogen) atoms. The lowest BCUT2D eigenvalue weighted by atomic mass is 9.96. The lowest BCUT2D eigenvalue weighted by Gasteiger charge is -2.10. The smallest absolute Gasteiger partial charge is 0.0142 e. The van der Waals surface area contributed by atoms with Crippen molar-refractivity contribution >= 4 is 22.6 Å². The Morgan fingerprint density at radius 2 is 1.04 bits per heavy atom. The van der Waals surface area contributed by atoms with Crippen LogP contribution in [-0.4, -0.2) is 0 Å². The predicted molar refractivity (Wildman–Crippen MR) is 119 cm³/mol. The number of hydrogen-bond acceptors (Lipinski definition) is 0. The molecule has 0 aliphatic carbocycles. The normalized spacial score (nSPS) is 10.7. The molecule has 0 nitrogen and oxygen atoms in total. The van der Waals surface area contributed by atoms with E-state index in [0.717, 1.165) is 6.42 Å². The average Bonchev–Trinajstić information content (AvgIpc) is 2.69. The maximum absolute atomic E-state index is 2.41. The molecule has 0 amide bonds. The molecule has 0 aromatic heterocycles. The predicted octanol–water partition coefficient (Wildman–Crippen LogP) is 7.22. The molecule has 0 bridgehead atoms. The van der Waals surface area contributed by atoms with Crippen LogP contribution < -0.4 is 0 Å². The van der Waals surface area contributed by atoms with Crippen molar-refractivity contribution in [1.82, 2.24) is 0 Å². The van der Waals surface area contributed by atoms with Crippen LogP contribution in [0.25, 0.3) is 22.3 Å². The summed E-state index contributed by atoms with van der Waals surface area (Å²) in [5.41, 5.74) is 7.75. The molecule has 4 aromatic rings. The molecular weight excluding hydrogens is 427 g/mol. The summed E-state index contributed by atoms with van der Waals surface area (Å²) in [5.74, 6) is 0. The Kier molecular flexibility index (Phi) is 5.16. The summed E-state index contributed by atoms with van der Waals surface area (Å²) in [6.07, 6.45) is 0.962. The Labute approximate surface area is 168 Å². The lowest BCUT2D eigenvalue weighted by molar-refractivity contribution is 1.19. The highest BCUT2D eigenvalue weighted by Crippen LogP contribution is 2.29. The second-order valence-electron chi connectivity index (χ2n) is 6.46. The fourth-order valence-corrected chi connectivity index (χ4v) is 3.92. The van der Waals surface area contributed by atoms with Gasteiger partial charge in [0.05, 0.1) is 0 Å². The van der Waals surface area contributed by atoms with Gasteiger partial charge in [-0.25, -0.2) is 0 Å². The summed E-state index contributed by atoms with van der Waals surface area (Å²) in [6.45, 7) is 0. The molecular formula is C25H19I. The van der Waals surface area contributed by atoms with Crippen LogP contribution >= 0.6 is 22.6 Å². The summed E-state index contributed by atoms with van der Waals surface area (Å²) >= 11 is 2.41. The zero-order valence-corrected chi connectivity index (χ0v) is 16.6. The van der Waals surface area contributed by atoms with Crippen LogP contribution in [0.3, 0.4) is 0 Å². The Morgan fingerprint density at radius 1 is 0.462 bits per heavy atom. The van der Waals surface area contributed by atoms with E-state index in [1.54, 1.807) is 0 Å². The number of rotatable bonds is 4. The van der Waals surface area contributed by atoms with Crippen LogP contribution in [0.5, 0.6) is 0 Å². The molecule has 4 aromatic carbocycles. The van der Waals surface area contributed by atoms with Crippen molar-refractivity contribution in [2.75, 3.05) is 0 Å². The molecule has 0 atom stereocenters. The standard InChI is InChI=1S/C25H19I/c26-25-17-23(21-11-5-2-6-12-21)16-24(18-25)22-13-7-10-20(15-22)14-19-8-3-1-4-9-19/h1-13,15-18H,14H2. The molecule has 0 heterocycles. The van der Waals surface area contributed by atoms with Gasteiger partial charge in [0.1, 0.15) is 0 Å². The molecule has 1 heteroatoms. The van der Waals surface area contributed by atoms with Gasteiger partial charge in [-0.05, 0) is 80.6 Å². The Hall–Kier alpha value is -2.39. The van der Waals surface area contributed by atoms with Gasteiger partial charge in [-0.3, -0.25) is 0 Å². The number of benzene rings is 4. The minimum Gasteiger partial charge on any atom is -0.0622 e. The van der Waals surface area contributed by atoms with E-state index in [2.05, 4.69) is 126 Å². The molecule has 0 unspecified atom stereocenters. The molecule has 0 fully saturated rings. The minimum absolute atomic E-state index is 0.962. The first-order valence-electron chi connectivity index (χ1n) is 8.77. The molecule has 0 radical (unpaired) electrons. The van der Waals surface area contributed by atoms with Crippen molar-refractivity contribution in [1.29, 1.82) is 0 Å². The zero-order valence-electron chi connectivity index (χ0n) is 14.4. The Bertz CT molecular complexity index is 1000. The van der Waals surface area contributed by atoms with Crippen LogP contribution in [0.4, 0.5) is 0 Å². The SMILES string of the molecule is Ic1cc(-c2ccccc2)cc(-c2cccc(Cc3ccccc3)c2)c1. The monoisotopic (exact) mass is 446 g/mol. The highest BCUT2D eigenvalue weighted by Gasteiger charge is 2.05. The highest BCUT2D eigenvalue weighted by molar-refractivity contribution is 14.1. The Balaban J connectivity index is 1.69. The molecule has 0 saturated carbocycles. The average molecular weight is 446 g/mol. The summed E-state index contributed by atoms with van der Waals surface area (Å²) in [5, 5.41) is 0. The maximum atomic E-state index is 2.41. The van der Waals surface area contributed by atoms with Gasteiger partial charge in [0.15, 0.2) is 0 Å². The first-order chi connectivity index (χ1) is 12.8. The second kappa shape index (κ2) is 7.88. The molecule has 0 aliphatic heterocycles. The van der Waals surface area contributed by atoms with E-state index in [9.17, 15) is 0 Å². The zero-order chi connectivity index (χ0) is 17.8. The molecule has 0 aliphatic rings. The van der Waals surface area contributed by atoms with Crippen molar-refractivity contribution < 1.29 is 0 Å². The van der Waals surface area contributed by atoms with E-state index in [1.807, 2.05) is 0 Å². The third kappa shape index (κ3) is 4.05. The van der Waals surface area contributed by atoms with Gasteiger partial charge in [0, 0.05) is 3.57 Å². The lowest BCUT2D eigenvalue weighted by Crippen LogP contribution is -1.89. The second-order valence-corrected chi connectivity index (χ2v) is 7.70. The van der Waals surface area contributed by atoms with Gasteiger partial charge in [0.2, 0.25) is 0 Å². The van der Waals surface area contributed by atoms with Crippen molar-refractivity contribution in [2.45, 2.75) is 6.42 Å². The van der Waals surface area contributed by atoms with Gasteiger partial charge in [-0.2, -0.15) is 0 Å². The topological polar surface area (TPSA) is 0 Å². The van der Waals surface area contributed by atoms with Gasteiger partial charge in [-0.1, -0.05) is 84.9 Å². The maximum Gasteiger partial charge on any atom is 0.0142 e. The van der Waals surface area contributed by atoms with Gasteiger partial charge < -0.3 is 0 Å². The number of halogens is 1. The molecule has 0 spiro atoms. The van der Waals surface area contributed by atoms with Crippen LogP contribution in [0, 0.1) is 3.57 Å². The highest BCUT2D eigenvalue weighted by atomic mass is 127. The third-order valence-electron chi connectivity index (χ3n) is 4.52. The summed E-state index contributed by atoms with van der Waals surface area (Å²) in [4.78, 5) is 0. The van der Waals surface area contributed by atoms with Crippen molar-refractivity contribution in [3.05, 3.63) is 118 Å². The summed E-state index contributed by atoms with van der Waals surface area (Å²) in [6, 6.07) is 36.9. The van der Waals surface area contributed by atoms with Crippen LogP contribution in [-0.2, 0) is 6.42 Å². The fourth-order valence-electron chi connectivity index (χ4n) is 3.25. The summed E-state index contributed by atoms with van der Waals surface area (Å²) < 4.78 is 1.26. The van der Waals surface area contributed by atoms with Crippen LogP contribution in [0.1, 0.15) is 11.1 Å². The van der Waals surface area contributed by atoms with Crippen LogP contribution in [0.2, 0.25) is 0 Å². The van der Waals surface area contributed by atoms with E-state index in [4.69, 9.17) is 0 Å². The first-order valence-corrected chi connectivity index (χ1v) is 9.85. The molecule has 4 rings (SSSR count). The van der Waals surface area contributed by atoms with E-state index in [0.29, 0.717) is 0 Å². The third-order valence-corrected chi connectivity index (χ3v) is 5.14. The van der Waals surface area contributed by atoms with Crippen molar-refractivity contribution in [3.8, 4) is 22.3 Å². The van der Waals surface area contributed by atoms with Crippen molar-refractivity contribution in [3.63, 3.8) is 0 Å². The number of hydrogen-bond donors (Lipinski definition) is 0. The van der Waals surface area contributed by atoms with E-state index < -0.39 is 0 Å². The molecule has 0 N–H and O–H groups in total. The molecule has 126 valence electrons. The molecule has 0 saturated heterocycles. The first kappa shape index (κ1) is 17.0. The van der Waals surface area contributed by atoms with E-state index in [-0.39, 0.29) is 0 Å². The van der Waals surface area contributed by atoms with Gasteiger partial charge in [0.25, 0.3) is 0 Å². The summed E-state index contributed by atoms with van der Waals surface area (Å²) in [7, 11) is 0. The van der Waals surface area contributed by atoms with E-state index >= 15 is 0 Å². The Morgan fingerprint density at radius 3 is 1.77 bits per heavy atom. The van der Waals surface area contributed by atoms with Crippen LogP contribution in [0.15, 0.2) is 103 Å². The largest absolute Gasteiger partial charge is 0.0622 e.